The third-order valence-corrected chi connectivity index (χ3v) is 4.70. The van der Waals surface area contributed by atoms with Crippen LogP contribution in [0.4, 0.5) is 10.5 Å². The molecule has 3 rings (SSSR count). The summed E-state index contributed by atoms with van der Waals surface area (Å²) in [5.41, 5.74) is 5.14. The van der Waals surface area contributed by atoms with Crippen molar-refractivity contribution in [2.45, 2.75) is 12.5 Å². The fourth-order valence-corrected chi connectivity index (χ4v) is 3.01. The zero-order valence-corrected chi connectivity index (χ0v) is 15.6. The lowest BCUT2D eigenvalue weighted by molar-refractivity contribution is -0.133. The Hall–Kier alpha value is -3.39. The van der Waals surface area contributed by atoms with Gasteiger partial charge in [-0.25, -0.2) is 4.79 Å². The Morgan fingerprint density at radius 2 is 1.71 bits per heavy atom. The Morgan fingerprint density at radius 3 is 2.29 bits per heavy atom. The second kappa shape index (κ2) is 7.32. The van der Waals surface area contributed by atoms with Gasteiger partial charge in [0.15, 0.2) is 0 Å². The molecule has 2 aromatic carbocycles. The molecule has 144 valence electrons. The summed E-state index contributed by atoms with van der Waals surface area (Å²) in [4.78, 5) is 49.3. The fraction of sp³-hybridized carbons (Fsp3) is 0.158. The standard InChI is InChI=1S/C19H17ClN4O4/c1-19(12-4-6-13(20)7-5-12)17(27)24(18(28)23-19)10-15(25)22-14-8-2-11(3-9-14)16(21)26/h2-9H,10H2,1H3,(H2,21,26)(H,22,25)(H,23,28)/t19-/m0/s1. The van der Waals surface area contributed by atoms with E-state index in [2.05, 4.69) is 10.6 Å². The SMILES string of the molecule is C[C@@]1(c2ccc(Cl)cc2)NC(=O)N(CC(=O)Nc2ccc(C(N)=O)cc2)C1=O. The predicted octanol–water partition coefficient (Wildman–Crippen LogP) is 1.84. The molecular formula is C19H17ClN4O4. The van der Waals surface area contributed by atoms with Crippen LogP contribution >= 0.6 is 11.6 Å². The van der Waals surface area contributed by atoms with Crippen molar-refractivity contribution in [3.8, 4) is 0 Å². The number of carbonyl (C=O) groups is 4. The first-order valence-corrected chi connectivity index (χ1v) is 8.68. The maximum Gasteiger partial charge on any atom is 0.325 e. The van der Waals surface area contributed by atoms with Crippen LogP contribution in [0, 0.1) is 0 Å². The zero-order chi connectivity index (χ0) is 20.5. The van der Waals surface area contributed by atoms with Crippen molar-refractivity contribution in [2.75, 3.05) is 11.9 Å². The van der Waals surface area contributed by atoms with Crippen LogP contribution in [-0.2, 0) is 15.1 Å². The second-order valence-electron chi connectivity index (χ2n) is 6.44. The van der Waals surface area contributed by atoms with Crippen molar-refractivity contribution in [1.29, 1.82) is 0 Å². The Labute approximate surface area is 165 Å². The van der Waals surface area contributed by atoms with E-state index in [0.29, 0.717) is 21.8 Å². The smallest absolute Gasteiger partial charge is 0.325 e. The summed E-state index contributed by atoms with van der Waals surface area (Å²) in [5.74, 6) is -1.69. The van der Waals surface area contributed by atoms with E-state index in [4.69, 9.17) is 17.3 Å². The van der Waals surface area contributed by atoms with Gasteiger partial charge in [-0.15, -0.1) is 0 Å². The van der Waals surface area contributed by atoms with Crippen LogP contribution in [0.5, 0.6) is 0 Å². The molecule has 5 amide bonds. The van der Waals surface area contributed by atoms with Crippen LogP contribution < -0.4 is 16.4 Å². The summed E-state index contributed by atoms with van der Waals surface area (Å²) in [6.45, 7) is 1.11. The highest BCUT2D eigenvalue weighted by atomic mass is 35.5. The first kappa shape index (κ1) is 19.4. The third-order valence-electron chi connectivity index (χ3n) is 4.45. The lowest BCUT2D eigenvalue weighted by Crippen LogP contribution is -2.42. The predicted molar refractivity (Wildman–Crippen MR) is 103 cm³/mol. The highest BCUT2D eigenvalue weighted by molar-refractivity contribution is 6.30. The molecular weight excluding hydrogens is 384 g/mol. The van der Waals surface area contributed by atoms with Gasteiger partial charge in [0.25, 0.3) is 5.91 Å². The minimum absolute atomic E-state index is 0.297. The topological polar surface area (TPSA) is 122 Å². The average Bonchev–Trinajstić information content (AvgIpc) is 2.86. The number of anilines is 1. The molecule has 0 bridgehead atoms. The largest absolute Gasteiger partial charge is 0.366 e. The van der Waals surface area contributed by atoms with Crippen LogP contribution in [0.25, 0.3) is 0 Å². The van der Waals surface area contributed by atoms with Gasteiger partial charge >= 0.3 is 6.03 Å². The van der Waals surface area contributed by atoms with Crippen LogP contribution in [0.3, 0.4) is 0 Å². The number of amides is 5. The van der Waals surface area contributed by atoms with E-state index in [1.54, 1.807) is 31.2 Å². The van der Waals surface area contributed by atoms with E-state index >= 15 is 0 Å². The van der Waals surface area contributed by atoms with E-state index in [1.807, 2.05) is 0 Å². The maximum atomic E-state index is 12.8. The van der Waals surface area contributed by atoms with Gasteiger partial charge in [-0.1, -0.05) is 23.7 Å². The molecule has 0 aromatic heterocycles. The van der Waals surface area contributed by atoms with Crippen LogP contribution in [0.1, 0.15) is 22.8 Å². The Bertz CT molecular complexity index is 959. The van der Waals surface area contributed by atoms with E-state index in [9.17, 15) is 19.2 Å². The van der Waals surface area contributed by atoms with Crippen LogP contribution in [0.2, 0.25) is 5.02 Å². The number of rotatable bonds is 5. The monoisotopic (exact) mass is 400 g/mol. The molecule has 4 N–H and O–H groups in total. The van der Waals surface area contributed by atoms with Crippen molar-refractivity contribution < 1.29 is 19.2 Å². The summed E-state index contributed by atoms with van der Waals surface area (Å²) in [6.07, 6.45) is 0. The van der Waals surface area contributed by atoms with Gasteiger partial charge in [0.05, 0.1) is 0 Å². The molecule has 2 aromatic rings. The normalized spacial score (nSPS) is 18.7. The van der Waals surface area contributed by atoms with Crippen LogP contribution in [0.15, 0.2) is 48.5 Å². The molecule has 28 heavy (non-hydrogen) atoms. The van der Waals surface area contributed by atoms with Crippen molar-refractivity contribution in [3.05, 3.63) is 64.7 Å². The molecule has 8 nitrogen and oxygen atoms in total. The minimum atomic E-state index is -1.29. The van der Waals surface area contributed by atoms with Crippen LogP contribution in [-0.4, -0.2) is 35.2 Å². The third kappa shape index (κ3) is 3.67. The summed E-state index contributed by atoms with van der Waals surface area (Å²) in [5, 5.41) is 5.69. The molecule has 0 aliphatic carbocycles. The zero-order valence-electron chi connectivity index (χ0n) is 14.9. The fourth-order valence-electron chi connectivity index (χ4n) is 2.88. The molecule has 1 fully saturated rings. The molecule has 0 spiro atoms. The summed E-state index contributed by atoms with van der Waals surface area (Å²) in [6, 6.07) is 11.8. The lowest BCUT2D eigenvalue weighted by atomic mass is 9.92. The first-order chi connectivity index (χ1) is 13.2. The number of imide groups is 1. The molecule has 1 heterocycles. The van der Waals surface area contributed by atoms with E-state index < -0.39 is 35.8 Å². The van der Waals surface area contributed by atoms with Gasteiger partial charge in [-0.3, -0.25) is 19.3 Å². The Kier molecular flexibility index (Phi) is 5.06. The van der Waals surface area contributed by atoms with Gasteiger partial charge in [-0.2, -0.15) is 0 Å². The van der Waals surface area contributed by atoms with Gasteiger partial charge in [0.1, 0.15) is 12.1 Å². The van der Waals surface area contributed by atoms with Gasteiger partial charge in [0.2, 0.25) is 11.8 Å². The molecule has 1 aliphatic heterocycles. The average molecular weight is 401 g/mol. The number of primary amides is 1. The Balaban J connectivity index is 1.70. The molecule has 1 saturated heterocycles. The van der Waals surface area contributed by atoms with Crippen molar-refractivity contribution in [2.24, 2.45) is 5.73 Å². The molecule has 0 radical (unpaired) electrons. The summed E-state index contributed by atoms with van der Waals surface area (Å²) < 4.78 is 0. The molecule has 0 saturated carbocycles. The first-order valence-electron chi connectivity index (χ1n) is 8.30. The number of nitrogens with zero attached hydrogens (tertiary/aromatic N) is 1. The number of nitrogens with two attached hydrogens (primary N) is 1. The highest BCUT2D eigenvalue weighted by Gasteiger charge is 2.49. The number of urea groups is 1. The van der Waals surface area contributed by atoms with Crippen molar-refractivity contribution in [3.63, 3.8) is 0 Å². The molecule has 1 aliphatic rings. The molecule has 0 unspecified atom stereocenters. The number of halogens is 1. The number of nitrogens with one attached hydrogen (secondary N) is 2. The Morgan fingerprint density at radius 1 is 1.11 bits per heavy atom. The van der Waals surface area contributed by atoms with E-state index in [0.717, 1.165) is 4.90 Å². The van der Waals surface area contributed by atoms with Crippen molar-refractivity contribution in [1.82, 2.24) is 10.2 Å². The quantitative estimate of drug-likeness (QED) is 0.663. The molecule has 1 atom stereocenters. The number of benzene rings is 2. The summed E-state index contributed by atoms with van der Waals surface area (Å²) >= 11 is 5.87. The lowest BCUT2D eigenvalue weighted by Gasteiger charge is -2.22. The number of hydrogen-bond acceptors (Lipinski definition) is 4. The van der Waals surface area contributed by atoms with Gasteiger partial charge in [0, 0.05) is 16.3 Å². The summed E-state index contributed by atoms with van der Waals surface area (Å²) in [7, 11) is 0. The van der Waals surface area contributed by atoms with E-state index in [-0.39, 0.29) is 0 Å². The minimum Gasteiger partial charge on any atom is -0.366 e. The number of carbonyl (C=O) groups excluding carboxylic acids is 4. The maximum absolute atomic E-state index is 12.8. The highest BCUT2D eigenvalue weighted by Crippen LogP contribution is 2.29. The number of hydrogen-bond donors (Lipinski definition) is 3. The van der Waals surface area contributed by atoms with Gasteiger partial charge in [-0.05, 0) is 48.9 Å². The molecule has 9 heteroatoms. The van der Waals surface area contributed by atoms with Gasteiger partial charge < -0.3 is 16.4 Å². The van der Waals surface area contributed by atoms with Crippen molar-refractivity contribution >= 4 is 41.0 Å². The van der Waals surface area contributed by atoms with E-state index in [1.165, 1.54) is 24.3 Å². The second-order valence-corrected chi connectivity index (χ2v) is 6.88.